The van der Waals surface area contributed by atoms with Gasteiger partial charge in [0.1, 0.15) is 11.8 Å². The van der Waals surface area contributed by atoms with Crippen LogP contribution in [0.25, 0.3) is 10.9 Å². The lowest BCUT2D eigenvalue weighted by molar-refractivity contribution is 0.0539. The molecule has 1 aliphatic heterocycles. The molecule has 2 aliphatic rings. The van der Waals surface area contributed by atoms with E-state index in [1.165, 1.54) is 6.42 Å². The fourth-order valence-corrected chi connectivity index (χ4v) is 6.29. The predicted molar refractivity (Wildman–Crippen MR) is 144 cm³/mol. The summed E-state index contributed by atoms with van der Waals surface area (Å²) in [5.74, 6) is 1.53. The Labute approximate surface area is 222 Å². The number of H-pyrrole nitrogens is 1. The molecule has 200 valence electrons. The summed E-state index contributed by atoms with van der Waals surface area (Å²) in [5, 5.41) is 14.2. The highest BCUT2D eigenvalue weighted by molar-refractivity contribution is 5.83. The van der Waals surface area contributed by atoms with E-state index in [2.05, 4.69) is 44.5 Å². The number of aryl methyl sites for hydroxylation is 2. The van der Waals surface area contributed by atoms with Crippen LogP contribution in [0.1, 0.15) is 85.3 Å². The number of hydrogen-bond donors (Lipinski definition) is 1. The molecule has 9 nitrogen and oxygen atoms in total. The number of aromatic nitrogens is 5. The highest BCUT2D eigenvalue weighted by Gasteiger charge is 2.35. The summed E-state index contributed by atoms with van der Waals surface area (Å²) in [7, 11) is 0. The van der Waals surface area contributed by atoms with Crippen molar-refractivity contribution in [3.63, 3.8) is 0 Å². The minimum Gasteiger partial charge on any atom is -0.468 e. The van der Waals surface area contributed by atoms with Crippen molar-refractivity contribution < 1.29 is 9.15 Å². The topological polar surface area (TPSA) is 102 Å². The van der Waals surface area contributed by atoms with Crippen molar-refractivity contribution in [3.05, 3.63) is 75.2 Å². The smallest absolute Gasteiger partial charge is 0.253 e. The second-order valence-corrected chi connectivity index (χ2v) is 10.9. The Kier molecular flexibility index (Phi) is 7.12. The Bertz CT molecular complexity index is 1430. The summed E-state index contributed by atoms with van der Waals surface area (Å²) >= 11 is 0. The molecule has 4 heterocycles. The Morgan fingerprint density at radius 1 is 1.13 bits per heavy atom. The molecule has 3 aromatic heterocycles. The molecule has 0 spiro atoms. The van der Waals surface area contributed by atoms with Gasteiger partial charge in [-0.15, -0.1) is 5.10 Å². The van der Waals surface area contributed by atoms with Gasteiger partial charge in [-0.05, 0) is 85.2 Å². The molecule has 1 aliphatic carbocycles. The number of furan rings is 1. The van der Waals surface area contributed by atoms with Gasteiger partial charge in [0.15, 0.2) is 5.82 Å². The first-order valence-electron chi connectivity index (χ1n) is 13.9. The van der Waals surface area contributed by atoms with Crippen LogP contribution in [-0.2, 0) is 11.3 Å². The first-order valence-corrected chi connectivity index (χ1v) is 13.9. The zero-order valence-corrected chi connectivity index (χ0v) is 22.2. The number of tetrazole rings is 1. The van der Waals surface area contributed by atoms with E-state index in [4.69, 9.17) is 9.15 Å². The molecule has 1 saturated carbocycles. The zero-order chi connectivity index (χ0) is 26.1. The molecule has 2 fully saturated rings. The molecule has 0 amide bonds. The normalized spacial score (nSPS) is 19.5. The number of pyridine rings is 1. The Hall–Kier alpha value is -3.30. The number of hydrogen-bond acceptors (Lipinski definition) is 7. The summed E-state index contributed by atoms with van der Waals surface area (Å²) in [4.78, 5) is 19.3. The van der Waals surface area contributed by atoms with Gasteiger partial charge in [-0.3, -0.25) is 9.69 Å². The fraction of sp³-hybridized carbons (Fsp3) is 0.517. The maximum absolute atomic E-state index is 13.8. The molecule has 4 aromatic rings. The highest BCUT2D eigenvalue weighted by atomic mass is 16.5. The van der Waals surface area contributed by atoms with Crippen LogP contribution in [0, 0.1) is 13.8 Å². The first-order chi connectivity index (χ1) is 18.6. The van der Waals surface area contributed by atoms with Gasteiger partial charge >= 0.3 is 0 Å². The first kappa shape index (κ1) is 25.0. The molecular weight excluding hydrogens is 480 g/mol. The Balaban J connectivity index is 1.51. The minimum absolute atomic E-state index is 0.0792. The number of nitrogens with zero attached hydrogens (tertiary/aromatic N) is 5. The van der Waals surface area contributed by atoms with Crippen molar-refractivity contribution in [2.75, 3.05) is 13.2 Å². The monoisotopic (exact) mass is 516 g/mol. The van der Waals surface area contributed by atoms with E-state index in [9.17, 15) is 4.79 Å². The average molecular weight is 517 g/mol. The summed E-state index contributed by atoms with van der Waals surface area (Å²) in [6.45, 7) is 6.04. The molecule has 6 rings (SSSR count). The molecule has 9 heteroatoms. The quantitative estimate of drug-likeness (QED) is 0.352. The number of fused-ring (bicyclic) bond motifs is 1. The zero-order valence-electron chi connectivity index (χ0n) is 22.2. The van der Waals surface area contributed by atoms with Crippen molar-refractivity contribution in [2.45, 2.75) is 83.5 Å². The second-order valence-electron chi connectivity index (χ2n) is 10.9. The van der Waals surface area contributed by atoms with Gasteiger partial charge in [0.2, 0.25) is 0 Å². The maximum atomic E-state index is 13.8. The molecule has 1 aromatic carbocycles. The number of rotatable bonds is 8. The van der Waals surface area contributed by atoms with E-state index >= 15 is 0 Å². The van der Waals surface area contributed by atoms with Crippen LogP contribution in [0.3, 0.4) is 0 Å². The van der Waals surface area contributed by atoms with E-state index in [1.807, 2.05) is 29.8 Å². The van der Waals surface area contributed by atoms with Crippen LogP contribution in [0.4, 0.5) is 0 Å². The van der Waals surface area contributed by atoms with Crippen LogP contribution in [0.2, 0.25) is 0 Å². The van der Waals surface area contributed by atoms with Crippen molar-refractivity contribution in [1.29, 1.82) is 0 Å². The number of nitrogens with one attached hydrogen (secondary N) is 1. The van der Waals surface area contributed by atoms with Gasteiger partial charge in [-0.25, -0.2) is 4.68 Å². The summed E-state index contributed by atoms with van der Waals surface area (Å²) < 4.78 is 13.8. The van der Waals surface area contributed by atoms with Crippen LogP contribution in [-0.4, -0.2) is 49.3 Å². The van der Waals surface area contributed by atoms with Gasteiger partial charge in [0.05, 0.1) is 30.5 Å². The molecule has 0 unspecified atom stereocenters. The molecule has 2 atom stereocenters. The lowest BCUT2D eigenvalue weighted by Crippen LogP contribution is -2.39. The standard InChI is InChI=1S/C29H36N6O3/c1-19-14-20(2)26-21(15-19)16-25(29(36)30-26)27(28-31-32-33-35(28)22-8-4-3-5-9-22)34(17-23-10-6-12-37-23)18-24-11-7-13-38-24/h6,10,12,14-16,22,24,27H,3-5,7-9,11,13,17-18H2,1-2H3,(H,30,36)/t24-,27+/m0/s1. The Morgan fingerprint density at radius 3 is 2.76 bits per heavy atom. The van der Waals surface area contributed by atoms with Gasteiger partial charge in [-0.2, -0.15) is 0 Å². The van der Waals surface area contributed by atoms with Crippen LogP contribution >= 0.6 is 0 Å². The number of aromatic amines is 1. The van der Waals surface area contributed by atoms with Crippen molar-refractivity contribution >= 4 is 10.9 Å². The van der Waals surface area contributed by atoms with Crippen LogP contribution < -0.4 is 5.56 Å². The second kappa shape index (κ2) is 10.8. The summed E-state index contributed by atoms with van der Waals surface area (Å²) in [5.41, 5.74) is 3.59. The fourth-order valence-electron chi connectivity index (χ4n) is 6.29. The molecule has 1 saturated heterocycles. The number of benzene rings is 1. The van der Waals surface area contributed by atoms with Crippen molar-refractivity contribution in [1.82, 2.24) is 30.1 Å². The lowest BCUT2D eigenvalue weighted by atomic mass is 9.94. The van der Waals surface area contributed by atoms with E-state index in [0.29, 0.717) is 24.5 Å². The van der Waals surface area contributed by atoms with Gasteiger partial charge in [0, 0.05) is 18.7 Å². The summed E-state index contributed by atoms with van der Waals surface area (Å²) in [6, 6.07) is 9.89. The van der Waals surface area contributed by atoms with E-state index < -0.39 is 6.04 Å². The van der Waals surface area contributed by atoms with Gasteiger partial charge < -0.3 is 14.1 Å². The predicted octanol–water partition coefficient (Wildman–Crippen LogP) is 5.00. The average Bonchev–Trinajstić information content (AvgIpc) is 3.69. The van der Waals surface area contributed by atoms with Crippen LogP contribution in [0.15, 0.2) is 45.8 Å². The lowest BCUT2D eigenvalue weighted by Gasteiger charge is -2.33. The van der Waals surface area contributed by atoms with Crippen molar-refractivity contribution in [2.24, 2.45) is 0 Å². The molecule has 0 radical (unpaired) electrons. The van der Waals surface area contributed by atoms with E-state index in [-0.39, 0.29) is 17.7 Å². The van der Waals surface area contributed by atoms with Gasteiger partial charge in [-0.1, -0.05) is 30.9 Å². The third-order valence-electron chi connectivity index (χ3n) is 8.07. The largest absolute Gasteiger partial charge is 0.468 e. The van der Waals surface area contributed by atoms with E-state index in [1.54, 1.807) is 6.26 Å². The highest BCUT2D eigenvalue weighted by Crippen LogP contribution is 2.35. The molecule has 0 bridgehead atoms. The molecule has 38 heavy (non-hydrogen) atoms. The maximum Gasteiger partial charge on any atom is 0.253 e. The Morgan fingerprint density at radius 2 is 2.00 bits per heavy atom. The third-order valence-corrected chi connectivity index (χ3v) is 8.07. The third kappa shape index (κ3) is 5.05. The van der Waals surface area contributed by atoms with Crippen molar-refractivity contribution in [3.8, 4) is 0 Å². The van der Waals surface area contributed by atoms with E-state index in [0.717, 1.165) is 72.9 Å². The van der Waals surface area contributed by atoms with Crippen LogP contribution in [0.5, 0.6) is 0 Å². The SMILES string of the molecule is Cc1cc(C)c2[nH]c(=O)c([C@H](c3nnnn3C3CCCCC3)N(Cc3ccco3)C[C@@H]3CCCO3)cc2c1. The minimum atomic E-state index is -0.463. The molecular formula is C29H36N6O3. The summed E-state index contributed by atoms with van der Waals surface area (Å²) in [6.07, 6.45) is 9.45. The van der Waals surface area contributed by atoms with Gasteiger partial charge in [0.25, 0.3) is 5.56 Å². The molecule has 1 N–H and O–H groups in total. The number of ether oxygens (including phenoxy) is 1.